The molecule has 0 aromatic heterocycles. The van der Waals surface area contributed by atoms with Crippen LogP contribution in [-0.2, 0) is 21.7 Å². The Morgan fingerprint density at radius 3 is 1.58 bits per heavy atom. The monoisotopic (exact) mass is 481 g/mol. The molecular formula is C28H52NPTi. The van der Waals surface area contributed by atoms with E-state index < -0.39 is 7.05 Å². The van der Waals surface area contributed by atoms with Gasteiger partial charge >= 0.3 is 0 Å². The van der Waals surface area contributed by atoms with Crippen molar-refractivity contribution in [3.63, 3.8) is 0 Å². The van der Waals surface area contributed by atoms with Gasteiger partial charge in [-0.25, -0.2) is 0 Å². The Morgan fingerprint density at radius 1 is 0.935 bits per heavy atom. The van der Waals surface area contributed by atoms with Crippen molar-refractivity contribution in [3.8, 4) is 0 Å². The van der Waals surface area contributed by atoms with Gasteiger partial charge in [0.25, 0.3) is 0 Å². The van der Waals surface area contributed by atoms with Crippen LogP contribution >= 0.6 is 7.05 Å². The molecule has 1 rings (SSSR count). The molecule has 0 amide bonds. The second-order valence-electron chi connectivity index (χ2n) is 10.3. The molecule has 0 saturated carbocycles. The van der Waals surface area contributed by atoms with Crippen molar-refractivity contribution < 1.29 is 21.7 Å². The molecule has 0 unspecified atom stereocenters. The summed E-state index contributed by atoms with van der Waals surface area (Å²) in [6.07, 6.45) is 21.9. The Balaban J connectivity index is 0. The van der Waals surface area contributed by atoms with Gasteiger partial charge in [0.1, 0.15) is 0 Å². The van der Waals surface area contributed by atoms with E-state index in [1.54, 1.807) is 6.08 Å². The molecule has 0 atom stereocenters. The van der Waals surface area contributed by atoms with Crippen LogP contribution < -0.4 is 0 Å². The molecule has 0 spiro atoms. The van der Waals surface area contributed by atoms with E-state index in [-0.39, 0.29) is 21.7 Å². The van der Waals surface area contributed by atoms with Crippen molar-refractivity contribution in [2.24, 2.45) is 22.5 Å². The van der Waals surface area contributed by atoms with Crippen molar-refractivity contribution >= 4 is 7.05 Å². The molecule has 0 bridgehead atoms. The maximum Gasteiger partial charge on any atom is 0.0425 e. The molecule has 0 aromatic rings. The van der Waals surface area contributed by atoms with Crippen LogP contribution in [0.1, 0.15) is 93.4 Å². The first kappa shape index (κ1) is 33.1. The van der Waals surface area contributed by atoms with Gasteiger partial charge in [-0.3, -0.25) is 4.74 Å². The Hall–Kier alpha value is -0.0957. The molecular weight excluding hydrogens is 429 g/mol. The molecule has 3 heteroatoms. The molecule has 0 fully saturated rings. The summed E-state index contributed by atoms with van der Waals surface area (Å²) in [7, 11) is -1.20. The smallest absolute Gasteiger partial charge is 0.0425 e. The molecule has 31 heavy (non-hydrogen) atoms. The first-order valence-corrected chi connectivity index (χ1v) is 14.6. The average Bonchev–Trinajstić information content (AvgIpc) is 3.14. The fraction of sp³-hybridized carbons (Fsp3) is 0.714. The van der Waals surface area contributed by atoms with E-state index in [9.17, 15) is 0 Å². The van der Waals surface area contributed by atoms with Crippen LogP contribution in [0.2, 0.25) is 0 Å². The van der Waals surface area contributed by atoms with E-state index in [1.807, 2.05) is 6.92 Å². The predicted octanol–water partition coefficient (Wildman–Crippen LogP) is 10.1. The zero-order valence-electron chi connectivity index (χ0n) is 21.9. The van der Waals surface area contributed by atoms with Crippen molar-refractivity contribution in [2.75, 3.05) is 18.5 Å². The summed E-state index contributed by atoms with van der Waals surface area (Å²) in [6.45, 7) is 23.1. The summed E-state index contributed by atoms with van der Waals surface area (Å²) < 4.78 is 5.51. The van der Waals surface area contributed by atoms with Crippen LogP contribution in [0.3, 0.4) is 0 Å². The SMILES string of the molecule is C=CC(=C)C.CC(C)CCCP(CCCC(C)C)(CCCC(C)C)=NC1=CC=CC1.[Ti]. The summed E-state index contributed by atoms with van der Waals surface area (Å²) in [5, 5.41) is 0. The maximum absolute atomic E-state index is 5.51. The Labute approximate surface area is 211 Å². The minimum atomic E-state index is -1.20. The average molecular weight is 482 g/mol. The molecule has 1 nitrogen and oxygen atoms in total. The van der Waals surface area contributed by atoms with Gasteiger partial charge in [0.05, 0.1) is 0 Å². The number of hydrogen-bond donors (Lipinski definition) is 0. The van der Waals surface area contributed by atoms with Crippen LogP contribution in [0.15, 0.2) is 53.5 Å². The van der Waals surface area contributed by atoms with Gasteiger partial charge < -0.3 is 0 Å². The van der Waals surface area contributed by atoms with E-state index in [4.69, 9.17) is 4.74 Å². The van der Waals surface area contributed by atoms with E-state index >= 15 is 0 Å². The zero-order chi connectivity index (χ0) is 23.0. The Kier molecular flexibility index (Phi) is 20.7. The van der Waals surface area contributed by atoms with Crippen molar-refractivity contribution in [2.45, 2.75) is 93.4 Å². The van der Waals surface area contributed by atoms with Crippen LogP contribution in [0.4, 0.5) is 0 Å². The van der Waals surface area contributed by atoms with Crippen LogP contribution in [0, 0.1) is 17.8 Å². The van der Waals surface area contributed by atoms with Gasteiger partial charge in [-0.15, -0.1) is 0 Å². The van der Waals surface area contributed by atoms with Crippen LogP contribution in [0.5, 0.6) is 0 Å². The van der Waals surface area contributed by atoms with Crippen LogP contribution in [-0.4, -0.2) is 18.5 Å². The topological polar surface area (TPSA) is 12.4 Å². The fourth-order valence-electron chi connectivity index (χ4n) is 3.65. The normalized spacial score (nSPS) is 13.0. The summed E-state index contributed by atoms with van der Waals surface area (Å²) in [5.74, 6) is 2.46. The Morgan fingerprint density at radius 2 is 1.32 bits per heavy atom. The standard InChI is InChI=1S/C23H44NP.C5H8.Ti/c1-20(2)12-9-17-25(18-10-13-21(3)4,19-11-14-22(5)6)24-23-15-7-8-16-23;1-4-5(2)3;/h7-8,15,20-22H,9-14,16-19H2,1-6H3;4H,1-2H2,3H3;. The molecule has 1 aliphatic rings. The third kappa shape index (κ3) is 19.1. The van der Waals surface area contributed by atoms with E-state index in [1.165, 1.54) is 62.7 Å². The summed E-state index contributed by atoms with van der Waals surface area (Å²) in [6, 6.07) is 0. The van der Waals surface area contributed by atoms with Gasteiger partial charge in [-0.05, 0) is 75.6 Å². The van der Waals surface area contributed by atoms with Gasteiger partial charge in [-0.1, -0.05) is 97.8 Å². The third-order valence-electron chi connectivity index (χ3n) is 5.51. The first-order valence-electron chi connectivity index (χ1n) is 12.3. The second-order valence-corrected chi connectivity index (χ2v) is 14.0. The quantitative estimate of drug-likeness (QED) is 0.133. The number of allylic oxidation sites excluding steroid dienone is 5. The Bertz CT molecular complexity index is 553. The van der Waals surface area contributed by atoms with Gasteiger partial charge in [0, 0.05) is 33.8 Å². The number of rotatable bonds is 14. The van der Waals surface area contributed by atoms with Gasteiger partial charge in [-0.2, -0.15) is 0 Å². The molecule has 1 aliphatic carbocycles. The second kappa shape index (κ2) is 19.4. The van der Waals surface area contributed by atoms with E-state index in [0.29, 0.717) is 0 Å². The summed E-state index contributed by atoms with van der Waals surface area (Å²) in [4.78, 5) is 0. The molecule has 178 valence electrons. The van der Waals surface area contributed by atoms with Crippen molar-refractivity contribution in [1.29, 1.82) is 0 Å². The van der Waals surface area contributed by atoms with Crippen LogP contribution in [0.25, 0.3) is 0 Å². The fourth-order valence-corrected chi connectivity index (χ4v) is 7.63. The molecule has 0 aromatic carbocycles. The minimum absolute atomic E-state index is 0. The summed E-state index contributed by atoms with van der Waals surface area (Å²) >= 11 is 0. The molecule has 0 aliphatic heterocycles. The first-order chi connectivity index (χ1) is 14.1. The number of nitrogens with zero attached hydrogens (tertiary/aromatic N) is 1. The zero-order valence-corrected chi connectivity index (χ0v) is 24.4. The molecule has 0 radical (unpaired) electrons. The maximum atomic E-state index is 5.51. The number of hydrogen-bond acceptors (Lipinski definition) is 1. The largest absolute Gasteiger partial charge is 0.272 e. The van der Waals surface area contributed by atoms with Crippen molar-refractivity contribution in [1.82, 2.24) is 0 Å². The summed E-state index contributed by atoms with van der Waals surface area (Å²) in [5.41, 5.74) is 2.39. The predicted molar refractivity (Wildman–Crippen MR) is 143 cm³/mol. The minimum Gasteiger partial charge on any atom is -0.272 e. The van der Waals surface area contributed by atoms with Gasteiger partial charge in [0.2, 0.25) is 0 Å². The van der Waals surface area contributed by atoms with E-state index in [2.05, 4.69) is 72.9 Å². The molecule has 0 N–H and O–H groups in total. The van der Waals surface area contributed by atoms with Crippen molar-refractivity contribution in [3.05, 3.63) is 48.7 Å². The molecule has 0 saturated heterocycles. The van der Waals surface area contributed by atoms with Gasteiger partial charge in [0.15, 0.2) is 0 Å². The van der Waals surface area contributed by atoms with E-state index in [0.717, 1.165) is 29.7 Å². The molecule has 0 heterocycles. The third-order valence-corrected chi connectivity index (χ3v) is 9.64.